The van der Waals surface area contributed by atoms with E-state index in [1.165, 1.54) is 0 Å². The molecule has 5 rings (SSSR count). The second-order valence-corrected chi connectivity index (χ2v) is 15.2. The number of ether oxygens (including phenoxy) is 3. The van der Waals surface area contributed by atoms with Crippen molar-refractivity contribution in [1.82, 2.24) is 40.4 Å². The lowest BCUT2D eigenvalue weighted by molar-refractivity contribution is -0.142. The molecule has 18 nitrogen and oxygen atoms in total. The van der Waals surface area contributed by atoms with Crippen molar-refractivity contribution in [2.24, 2.45) is 0 Å². The highest BCUT2D eigenvalue weighted by Gasteiger charge is 2.29. The van der Waals surface area contributed by atoms with Crippen LogP contribution in [0.5, 0.6) is 5.75 Å². The first-order chi connectivity index (χ1) is 28.9. The van der Waals surface area contributed by atoms with Crippen molar-refractivity contribution in [3.8, 4) is 5.75 Å². The molecule has 0 unspecified atom stereocenters. The molecule has 0 fully saturated rings. The Morgan fingerprint density at radius 1 is 0.850 bits per heavy atom. The van der Waals surface area contributed by atoms with E-state index in [1.807, 2.05) is 35.0 Å². The first-order valence-electron chi connectivity index (χ1n) is 19.2. The van der Waals surface area contributed by atoms with Gasteiger partial charge in [0, 0.05) is 62.5 Å². The number of rotatable bonds is 22. The number of aromatic nitrogens is 4. The minimum absolute atomic E-state index is 0.0568. The summed E-state index contributed by atoms with van der Waals surface area (Å²) in [6.45, 7) is 4.81. The first kappa shape index (κ1) is 44.5. The van der Waals surface area contributed by atoms with Gasteiger partial charge in [0.25, 0.3) is 5.91 Å². The number of carbonyl (C=O) groups is 4. The van der Waals surface area contributed by atoms with Crippen molar-refractivity contribution in [2.45, 2.75) is 57.2 Å². The number of fused-ring (bicyclic) bond motifs is 1. The van der Waals surface area contributed by atoms with Gasteiger partial charge in [-0.25, -0.2) is 23.2 Å². The van der Waals surface area contributed by atoms with E-state index in [0.29, 0.717) is 47.9 Å². The summed E-state index contributed by atoms with van der Waals surface area (Å²) in [5, 5.41) is 16.3. The normalized spacial score (nSPS) is 11.7. The third-order valence-electron chi connectivity index (χ3n) is 9.00. The van der Waals surface area contributed by atoms with Crippen molar-refractivity contribution < 1.29 is 41.8 Å². The van der Waals surface area contributed by atoms with Gasteiger partial charge in [-0.3, -0.25) is 19.1 Å². The van der Waals surface area contributed by atoms with E-state index >= 15 is 0 Å². The van der Waals surface area contributed by atoms with Crippen molar-refractivity contribution >= 4 is 50.8 Å². The molecule has 19 heteroatoms. The van der Waals surface area contributed by atoms with Crippen LogP contribution in [-0.4, -0.2) is 98.0 Å². The van der Waals surface area contributed by atoms with Gasteiger partial charge in [-0.2, -0.15) is 9.82 Å². The lowest BCUT2D eigenvalue weighted by Crippen LogP contribution is -2.49. The summed E-state index contributed by atoms with van der Waals surface area (Å²) in [6.07, 6.45) is 5.70. The van der Waals surface area contributed by atoms with Gasteiger partial charge < -0.3 is 35.5 Å². The maximum absolute atomic E-state index is 13.7. The van der Waals surface area contributed by atoms with Crippen molar-refractivity contribution in [1.29, 1.82) is 0 Å². The zero-order valence-electron chi connectivity index (χ0n) is 33.6. The number of nitrogens with zero attached hydrogens (tertiary/aromatic N) is 4. The summed E-state index contributed by atoms with van der Waals surface area (Å²) >= 11 is 0. The number of nitrogens with one attached hydrogen (secondary N) is 5. The molecule has 0 aliphatic carbocycles. The standard InChI is InChI=1S/C41H49N9O9S/c1-28-22-33(58-21-7-12-36(51)42-18-19-46-41(54)59-27-30-10-5-4-6-11-30)23-29(2)37(28)60(55,56)49-34(39(53)57-3)26-47-38(52)31-13-14-35-32(24-31)25-48-50(35)20-9-17-45-40-43-15-8-16-44-40/h4-6,8,10-11,13-16,22-25,34,49H,7,9,12,17-21,26-27H2,1-3H3,(H,42,51)(H,46,54)(H,47,52)(H,43,44,45)/t34-/m0/s1. The molecule has 5 N–H and O–H groups in total. The van der Waals surface area contributed by atoms with Gasteiger partial charge in [-0.15, -0.1) is 0 Å². The Labute approximate surface area is 347 Å². The number of benzene rings is 3. The molecule has 0 aliphatic rings. The Balaban J connectivity index is 1.06. The molecule has 60 heavy (non-hydrogen) atoms. The summed E-state index contributed by atoms with van der Waals surface area (Å²) in [7, 11) is -3.17. The molecule has 2 aromatic heterocycles. The van der Waals surface area contributed by atoms with Gasteiger partial charge in [0.1, 0.15) is 18.4 Å². The second kappa shape index (κ2) is 22.0. The number of amides is 3. The molecule has 3 amide bonds. The SMILES string of the molecule is COC(=O)[C@H](CNC(=O)c1ccc2c(cnn2CCCNc2ncccn2)c1)NS(=O)(=O)c1c(C)cc(OCCCC(=O)NCCNC(=O)OCc2ccccc2)cc1C. The summed E-state index contributed by atoms with van der Waals surface area (Å²) in [5.74, 6) is -0.690. The molecule has 0 radical (unpaired) electrons. The molecule has 3 aromatic carbocycles. The van der Waals surface area contributed by atoms with Crippen LogP contribution < -0.4 is 30.7 Å². The van der Waals surface area contributed by atoms with E-state index in [9.17, 15) is 27.6 Å². The van der Waals surface area contributed by atoms with Crippen molar-refractivity contribution in [3.05, 3.63) is 108 Å². The van der Waals surface area contributed by atoms with E-state index < -0.39 is 34.0 Å². The Kier molecular flexibility index (Phi) is 16.3. The molecule has 0 bridgehead atoms. The van der Waals surface area contributed by atoms with Crippen LogP contribution in [0.1, 0.15) is 46.3 Å². The number of carbonyl (C=O) groups excluding carboxylic acids is 4. The largest absolute Gasteiger partial charge is 0.494 e. The van der Waals surface area contributed by atoms with Crippen LogP contribution in [0, 0.1) is 13.8 Å². The predicted molar refractivity (Wildman–Crippen MR) is 222 cm³/mol. The average molecular weight is 844 g/mol. The average Bonchev–Trinajstić information content (AvgIpc) is 3.65. The zero-order chi connectivity index (χ0) is 42.9. The minimum Gasteiger partial charge on any atom is -0.494 e. The lowest BCUT2D eigenvalue weighted by atomic mass is 10.1. The van der Waals surface area contributed by atoms with Gasteiger partial charge >= 0.3 is 12.1 Å². The maximum Gasteiger partial charge on any atom is 0.407 e. The molecule has 0 saturated carbocycles. The lowest BCUT2D eigenvalue weighted by Gasteiger charge is -2.20. The molecule has 0 spiro atoms. The molecule has 1 atom stereocenters. The Morgan fingerprint density at radius 3 is 2.32 bits per heavy atom. The number of hydrogen-bond acceptors (Lipinski definition) is 13. The monoisotopic (exact) mass is 843 g/mol. The van der Waals surface area contributed by atoms with Gasteiger partial charge in [0.15, 0.2) is 0 Å². The summed E-state index contributed by atoms with van der Waals surface area (Å²) in [5.41, 5.74) is 2.70. The highest BCUT2D eigenvalue weighted by Crippen LogP contribution is 2.26. The van der Waals surface area contributed by atoms with Gasteiger partial charge in [0.05, 0.1) is 30.3 Å². The van der Waals surface area contributed by atoms with Crippen LogP contribution in [-0.2, 0) is 42.2 Å². The van der Waals surface area contributed by atoms with Crippen molar-refractivity contribution in [3.63, 3.8) is 0 Å². The van der Waals surface area contributed by atoms with Crippen LogP contribution >= 0.6 is 0 Å². The van der Waals surface area contributed by atoms with Gasteiger partial charge in [-0.05, 0) is 79.8 Å². The molecule has 0 aliphatic heterocycles. The number of esters is 1. The molecular weight excluding hydrogens is 795 g/mol. The van der Waals surface area contributed by atoms with E-state index in [2.05, 4.69) is 41.1 Å². The van der Waals surface area contributed by atoms with E-state index in [-0.39, 0.29) is 50.1 Å². The quantitative estimate of drug-likeness (QED) is 0.0497. The molecular formula is C41H49N9O9S. The third-order valence-corrected chi connectivity index (χ3v) is 10.8. The van der Waals surface area contributed by atoms with Crippen LogP contribution in [0.25, 0.3) is 10.9 Å². The maximum atomic E-state index is 13.7. The highest BCUT2D eigenvalue weighted by atomic mass is 32.2. The van der Waals surface area contributed by atoms with E-state index in [0.717, 1.165) is 30.0 Å². The van der Waals surface area contributed by atoms with E-state index in [1.54, 1.807) is 68.8 Å². The number of aryl methyl sites for hydroxylation is 3. The molecule has 318 valence electrons. The Hall–Kier alpha value is -6.60. The number of alkyl carbamates (subject to hydrolysis) is 1. The highest BCUT2D eigenvalue weighted by molar-refractivity contribution is 7.89. The number of methoxy groups -OCH3 is 1. The molecule has 0 saturated heterocycles. The fourth-order valence-corrected chi connectivity index (χ4v) is 7.79. The Morgan fingerprint density at radius 2 is 1.58 bits per heavy atom. The fraction of sp³-hybridized carbons (Fsp3) is 0.341. The second-order valence-electron chi connectivity index (χ2n) is 13.6. The van der Waals surface area contributed by atoms with Crippen LogP contribution in [0.15, 0.2) is 90.2 Å². The Bertz CT molecular complexity index is 2320. The summed E-state index contributed by atoms with van der Waals surface area (Å²) in [6, 6.07) is 17.7. The smallest absolute Gasteiger partial charge is 0.407 e. The van der Waals surface area contributed by atoms with Crippen molar-refractivity contribution in [2.75, 3.05) is 45.2 Å². The van der Waals surface area contributed by atoms with E-state index in [4.69, 9.17) is 14.2 Å². The van der Waals surface area contributed by atoms with Crippen LogP contribution in [0.2, 0.25) is 0 Å². The number of sulfonamides is 1. The zero-order valence-corrected chi connectivity index (χ0v) is 34.4. The summed E-state index contributed by atoms with van der Waals surface area (Å²) in [4.78, 5) is 58.2. The topological polar surface area (TPSA) is 234 Å². The minimum atomic E-state index is -4.29. The number of anilines is 1. The molecule has 2 heterocycles. The van der Waals surface area contributed by atoms with Crippen LogP contribution in [0.4, 0.5) is 10.7 Å². The van der Waals surface area contributed by atoms with Gasteiger partial charge in [0.2, 0.25) is 21.9 Å². The number of hydrogen-bond donors (Lipinski definition) is 5. The van der Waals surface area contributed by atoms with Crippen LogP contribution in [0.3, 0.4) is 0 Å². The first-order valence-corrected chi connectivity index (χ1v) is 20.7. The van der Waals surface area contributed by atoms with Gasteiger partial charge in [-0.1, -0.05) is 30.3 Å². The summed E-state index contributed by atoms with van der Waals surface area (Å²) < 4.78 is 47.3. The molecule has 5 aromatic rings. The third kappa shape index (κ3) is 13.2. The fourth-order valence-electron chi connectivity index (χ4n) is 6.15. The predicted octanol–water partition coefficient (Wildman–Crippen LogP) is 3.40.